The second kappa shape index (κ2) is 9.01. The van der Waals surface area contributed by atoms with Gasteiger partial charge in [0.25, 0.3) is 5.91 Å². The quantitative estimate of drug-likeness (QED) is 0.624. The number of carbonyl (C=O) groups is 2. The van der Waals surface area contributed by atoms with E-state index in [9.17, 15) is 18.0 Å². The van der Waals surface area contributed by atoms with Crippen molar-refractivity contribution in [3.63, 3.8) is 0 Å². The van der Waals surface area contributed by atoms with Gasteiger partial charge in [0.1, 0.15) is 4.90 Å². The van der Waals surface area contributed by atoms with Gasteiger partial charge < -0.3 is 15.2 Å². The van der Waals surface area contributed by atoms with Crippen LogP contribution in [0.25, 0.3) is 0 Å². The molecule has 0 aliphatic carbocycles. The largest absolute Gasteiger partial charge is 0.361 e. The number of hydrogen-bond acceptors (Lipinski definition) is 4. The average Bonchev–Trinajstić information content (AvgIpc) is 3.31. The van der Waals surface area contributed by atoms with Gasteiger partial charge in [0.15, 0.2) is 0 Å². The first-order valence-corrected chi connectivity index (χ1v) is 11.5. The number of hydrogen-bond donors (Lipinski definition) is 3. The maximum atomic E-state index is 13.0. The summed E-state index contributed by atoms with van der Waals surface area (Å²) in [4.78, 5) is 29.7. The van der Waals surface area contributed by atoms with E-state index in [1.165, 1.54) is 0 Å². The Morgan fingerprint density at radius 2 is 1.73 bits per heavy atom. The number of benzene rings is 1. The van der Waals surface area contributed by atoms with Crippen LogP contribution in [0.15, 0.2) is 29.2 Å². The minimum absolute atomic E-state index is 0.0224. The highest BCUT2D eigenvalue weighted by Crippen LogP contribution is 2.26. The van der Waals surface area contributed by atoms with E-state index in [-0.39, 0.29) is 35.2 Å². The molecule has 2 amide bonds. The summed E-state index contributed by atoms with van der Waals surface area (Å²) in [6.07, 6.45) is 1.82. The van der Waals surface area contributed by atoms with E-state index in [0.29, 0.717) is 30.2 Å². The highest BCUT2D eigenvalue weighted by molar-refractivity contribution is 7.89. The Bertz CT molecular complexity index is 1050. The number of aromatic amines is 1. The van der Waals surface area contributed by atoms with Crippen molar-refractivity contribution in [1.82, 2.24) is 14.6 Å². The molecule has 2 heterocycles. The van der Waals surface area contributed by atoms with Gasteiger partial charge in [0.05, 0.1) is 5.56 Å². The monoisotopic (exact) mass is 432 g/mol. The minimum Gasteiger partial charge on any atom is -0.361 e. The zero-order valence-electron chi connectivity index (χ0n) is 17.5. The van der Waals surface area contributed by atoms with E-state index in [1.54, 1.807) is 24.8 Å². The van der Waals surface area contributed by atoms with Crippen molar-refractivity contribution in [2.24, 2.45) is 0 Å². The van der Waals surface area contributed by atoms with Gasteiger partial charge in [-0.25, -0.2) is 13.1 Å². The number of aryl methyl sites for hydroxylation is 3. The fourth-order valence-electron chi connectivity index (χ4n) is 3.73. The topological polar surface area (TPSA) is 111 Å². The zero-order valence-corrected chi connectivity index (χ0v) is 18.4. The Kier molecular flexibility index (Phi) is 6.62. The van der Waals surface area contributed by atoms with Gasteiger partial charge in [0, 0.05) is 43.1 Å². The van der Waals surface area contributed by atoms with E-state index in [0.717, 1.165) is 18.4 Å². The van der Waals surface area contributed by atoms with Gasteiger partial charge in [-0.1, -0.05) is 18.2 Å². The lowest BCUT2D eigenvalue weighted by Gasteiger charge is -2.17. The molecule has 0 spiro atoms. The molecule has 1 saturated heterocycles. The van der Waals surface area contributed by atoms with Crippen molar-refractivity contribution in [3.8, 4) is 0 Å². The maximum absolute atomic E-state index is 13.0. The van der Waals surface area contributed by atoms with Crippen LogP contribution in [-0.4, -0.2) is 49.8 Å². The van der Waals surface area contributed by atoms with Gasteiger partial charge in [-0.2, -0.15) is 0 Å². The second-order valence-corrected chi connectivity index (χ2v) is 9.29. The van der Waals surface area contributed by atoms with Gasteiger partial charge in [-0.05, 0) is 45.2 Å². The molecule has 1 fully saturated rings. The summed E-state index contributed by atoms with van der Waals surface area (Å²) in [7, 11) is -3.96. The molecule has 9 heteroatoms. The lowest BCUT2D eigenvalue weighted by Crippen LogP contribution is -2.32. The van der Waals surface area contributed by atoms with E-state index in [1.807, 2.05) is 25.1 Å². The molecule has 3 rings (SSSR count). The number of amides is 2. The van der Waals surface area contributed by atoms with Crippen LogP contribution in [0.5, 0.6) is 0 Å². The molecule has 0 radical (unpaired) electrons. The first kappa shape index (κ1) is 22.0. The number of likely N-dealkylation sites (tertiary alicyclic amines) is 1. The molecule has 1 aromatic carbocycles. The van der Waals surface area contributed by atoms with Crippen molar-refractivity contribution >= 4 is 27.5 Å². The highest BCUT2D eigenvalue weighted by Gasteiger charge is 2.32. The summed E-state index contributed by atoms with van der Waals surface area (Å²) < 4.78 is 28.4. The third-order valence-electron chi connectivity index (χ3n) is 5.26. The number of rotatable bonds is 7. The fraction of sp³-hybridized carbons (Fsp3) is 0.429. The zero-order chi connectivity index (χ0) is 21.9. The molecular weight excluding hydrogens is 404 g/mol. The van der Waals surface area contributed by atoms with Gasteiger partial charge in [0.2, 0.25) is 15.9 Å². The van der Waals surface area contributed by atoms with Crippen molar-refractivity contribution in [2.75, 3.05) is 25.0 Å². The molecule has 0 atom stereocenters. The second-order valence-electron chi connectivity index (χ2n) is 7.59. The Labute approximate surface area is 177 Å². The van der Waals surface area contributed by atoms with Crippen molar-refractivity contribution in [3.05, 3.63) is 46.8 Å². The van der Waals surface area contributed by atoms with Crippen LogP contribution in [-0.2, 0) is 14.8 Å². The number of carbonyl (C=O) groups excluding carboxylic acids is 2. The molecule has 30 heavy (non-hydrogen) atoms. The summed E-state index contributed by atoms with van der Waals surface area (Å²) in [6, 6.07) is 7.37. The molecule has 0 saturated carbocycles. The third-order valence-corrected chi connectivity index (χ3v) is 6.89. The Morgan fingerprint density at radius 1 is 1.07 bits per heavy atom. The molecule has 162 valence electrons. The van der Waals surface area contributed by atoms with E-state index in [2.05, 4.69) is 15.0 Å². The first-order valence-electron chi connectivity index (χ1n) is 10.0. The van der Waals surface area contributed by atoms with Crippen molar-refractivity contribution in [1.29, 1.82) is 0 Å². The molecule has 1 aromatic heterocycles. The highest BCUT2D eigenvalue weighted by atomic mass is 32.2. The summed E-state index contributed by atoms with van der Waals surface area (Å²) in [5.41, 5.74) is 2.75. The SMILES string of the molecule is Cc1ccccc1NC(=O)CCNS(=O)(=O)c1c(C)[nH]c(C)c1C(=O)N1CCCC1. The van der Waals surface area contributed by atoms with Crippen LogP contribution in [0.3, 0.4) is 0 Å². The lowest BCUT2D eigenvalue weighted by atomic mass is 10.2. The summed E-state index contributed by atoms with van der Waals surface area (Å²) in [5, 5.41) is 2.78. The van der Waals surface area contributed by atoms with E-state index >= 15 is 0 Å². The maximum Gasteiger partial charge on any atom is 0.257 e. The molecule has 0 bridgehead atoms. The van der Waals surface area contributed by atoms with Crippen LogP contribution >= 0.6 is 0 Å². The number of sulfonamides is 1. The van der Waals surface area contributed by atoms with Crippen LogP contribution in [0.1, 0.15) is 46.6 Å². The van der Waals surface area contributed by atoms with Gasteiger partial charge >= 0.3 is 0 Å². The predicted molar refractivity (Wildman–Crippen MR) is 115 cm³/mol. The van der Waals surface area contributed by atoms with Crippen LogP contribution in [0.2, 0.25) is 0 Å². The number of para-hydroxylation sites is 1. The standard InChI is InChI=1S/C21H28N4O4S/c1-14-8-4-5-9-17(14)24-18(26)10-11-22-30(28,29)20-16(3)23-15(2)19(20)21(27)25-12-6-7-13-25/h4-5,8-9,22-23H,6-7,10-13H2,1-3H3,(H,24,26). The Hall–Kier alpha value is -2.65. The smallest absolute Gasteiger partial charge is 0.257 e. The molecular formula is C21H28N4O4S. The number of nitrogens with zero attached hydrogens (tertiary/aromatic N) is 1. The predicted octanol–water partition coefficient (Wildman–Crippen LogP) is 2.48. The molecule has 1 aliphatic heterocycles. The third kappa shape index (κ3) is 4.73. The molecule has 1 aliphatic rings. The normalized spacial score (nSPS) is 14.2. The van der Waals surface area contributed by atoms with Crippen molar-refractivity contribution < 1.29 is 18.0 Å². The fourth-order valence-corrected chi connectivity index (χ4v) is 5.21. The average molecular weight is 433 g/mol. The van der Waals surface area contributed by atoms with Crippen LogP contribution < -0.4 is 10.0 Å². The molecule has 0 unspecified atom stereocenters. The molecule has 8 nitrogen and oxygen atoms in total. The number of anilines is 1. The Morgan fingerprint density at radius 3 is 2.40 bits per heavy atom. The lowest BCUT2D eigenvalue weighted by molar-refractivity contribution is -0.116. The Balaban J connectivity index is 1.69. The first-order chi connectivity index (χ1) is 14.2. The number of aromatic nitrogens is 1. The van der Waals surface area contributed by atoms with Crippen LogP contribution in [0, 0.1) is 20.8 Å². The van der Waals surface area contributed by atoms with Gasteiger partial charge in [-0.3, -0.25) is 9.59 Å². The van der Waals surface area contributed by atoms with Crippen molar-refractivity contribution in [2.45, 2.75) is 44.9 Å². The summed E-state index contributed by atoms with van der Waals surface area (Å²) in [6.45, 7) is 6.41. The van der Waals surface area contributed by atoms with E-state index in [4.69, 9.17) is 0 Å². The summed E-state index contributed by atoms with van der Waals surface area (Å²) in [5.74, 6) is -0.561. The summed E-state index contributed by atoms with van der Waals surface area (Å²) >= 11 is 0. The van der Waals surface area contributed by atoms with Gasteiger partial charge in [-0.15, -0.1) is 0 Å². The number of nitrogens with one attached hydrogen (secondary N) is 3. The number of H-pyrrole nitrogens is 1. The minimum atomic E-state index is -3.96. The van der Waals surface area contributed by atoms with E-state index < -0.39 is 10.0 Å². The molecule has 2 aromatic rings. The molecule has 3 N–H and O–H groups in total. The van der Waals surface area contributed by atoms with Crippen LogP contribution in [0.4, 0.5) is 5.69 Å².